The summed E-state index contributed by atoms with van der Waals surface area (Å²) >= 11 is 1.69. The van der Waals surface area contributed by atoms with Crippen LogP contribution in [0, 0.1) is 5.41 Å². The van der Waals surface area contributed by atoms with Crippen molar-refractivity contribution in [3.8, 4) is 10.4 Å². The van der Waals surface area contributed by atoms with E-state index >= 15 is 0 Å². The highest BCUT2D eigenvalue weighted by atomic mass is 32.1. The third kappa shape index (κ3) is 3.64. The molecule has 2 aliphatic rings. The molecule has 0 radical (unpaired) electrons. The van der Waals surface area contributed by atoms with E-state index in [0.29, 0.717) is 32.5 Å². The Morgan fingerprint density at radius 2 is 2.19 bits per heavy atom. The summed E-state index contributed by atoms with van der Waals surface area (Å²) in [5, 5.41) is 2.05. The maximum absolute atomic E-state index is 12.7. The normalized spacial score (nSPS) is 25.0. The van der Waals surface area contributed by atoms with Gasteiger partial charge in [-0.25, -0.2) is 0 Å². The fourth-order valence-electron chi connectivity index (χ4n) is 4.14. The fourth-order valence-corrected chi connectivity index (χ4v) is 4.86. The lowest BCUT2D eigenvalue weighted by Gasteiger charge is -2.27. The molecule has 0 bridgehead atoms. The molecule has 0 spiro atoms. The van der Waals surface area contributed by atoms with Crippen LogP contribution in [-0.2, 0) is 20.7 Å². The van der Waals surface area contributed by atoms with Gasteiger partial charge in [-0.2, -0.15) is 0 Å². The number of hydrogen-bond acceptors (Lipinski definition) is 4. The number of carbonyl (C=O) groups is 2. The van der Waals surface area contributed by atoms with Gasteiger partial charge in [-0.1, -0.05) is 30.3 Å². The summed E-state index contributed by atoms with van der Waals surface area (Å²) in [5.74, 6) is -0.324. The minimum atomic E-state index is -0.706. The van der Waals surface area contributed by atoms with E-state index in [1.54, 1.807) is 16.2 Å². The van der Waals surface area contributed by atoms with Gasteiger partial charge in [-0.3, -0.25) is 9.59 Å². The molecule has 0 unspecified atom stereocenters. The minimum absolute atomic E-state index is 0.00274. The molecule has 2 aliphatic heterocycles. The molecule has 2 saturated heterocycles. The van der Waals surface area contributed by atoms with Gasteiger partial charge >= 0.3 is 0 Å². The topological polar surface area (TPSA) is 72.6 Å². The molecule has 5 nitrogen and oxygen atoms in total. The molecule has 6 heteroatoms. The summed E-state index contributed by atoms with van der Waals surface area (Å²) in [6.07, 6.45) is 2.49. The number of carbonyl (C=O) groups excluding carboxylic acids is 2. The van der Waals surface area contributed by atoms with Gasteiger partial charge in [0.05, 0.1) is 5.41 Å². The lowest BCUT2D eigenvalue weighted by molar-refractivity contribution is -0.140. The second-order valence-electron chi connectivity index (χ2n) is 7.51. The highest BCUT2D eigenvalue weighted by Gasteiger charge is 2.46. The number of nitrogens with zero attached hydrogens (tertiary/aromatic N) is 1. The Labute approximate surface area is 163 Å². The van der Waals surface area contributed by atoms with Gasteiger partial charge < -0.3 is 15.4 Å². The molecular formula is C21H24N2O3S. The van der Waals surface area contributed by atoms with Crippen molar-refractivity contribution in [1.29, 1.82) is 0 Å². The van der Waals surface area contributed by atoms with Crippen LogP contribution in [0.2, 0.25) is 0 Å². The van der Waals surface area contributed by atoms with Crippen molar-refractivity contribution in [3.63, 3.8) is 0 Å². The van der Waals surface area contributed by atoms with Crippen molar-refractivity contribution in [2.24, 2.45) is 11.1 Å². The molecule has 3 heterocycles. The van der Waals surface area contributed by atoms with Crippen molar-refractivity contribution < 1.29 is 14.3 Å². The monoisotopic (exact) mass is 384 g/mol. The Balaban J connectivity index is 1.53. The van der Waals surface area contributed by atoms with Crippen molar-refractivity contribution in [2.75, 3.05) is 19.7 Å². The highest BCUT2D eigenvalue weighted by molar-refractivity contribution is 7.13. The van der Waals surface area contributed by atoms with Crippen LogP contribution < -0.4 is 5.73 Å². The molecule has 2 aromatic rings. The van der Waals surface area contributed by atoms with Gasteiger partial charge in [0.1, 0.15) is 6.10 Å². The van der Waals surface area contributed by atoms with E-state index in [2.05, 4.69) is 23.6 Å². The highest BCUT2D eigenvalue weighted by Crippen LogP contribution is 2.36. The SMILES string of the molecule is NC(=O)[C@@]1(Cc2cccc(-c3cccs3)c2)CCN(C(=O)[C@@H]2CCCO2)C1. The standard InChI is InChI=1S/C21H24N2O3S/c22-20(25)21(8-9-23(14-21)19(24)17-6-2-10-26-17)13-15-4-1-5-16(12-15)18-7-3-11-27-18/h1,3-5,7,11-12,17H,2,6,8-10,13-14H2,(H2,22,25)/t17-,21+/m0/s1. The lowest BCUT2D eigenvalue weighted by atomic mass is 9.80. The Morgan fingerprint density at radius 1 is 1.30 bits per heavy atom. The Hall–Kier alpha value is -2.18. The van der Waals surface area contributed by atoms with E-state index in [-0.39, 0.29) is 17.9 Å². The number of nitrogens with two attached hydrogens (primary N) is 1. The fraction of sp³-hybridized carbons (Fsp3) is 0.429. The molecule has 142 valence electrons. The van der Waals surface area contributed by atoms with Crippen LogP contribution in [0.1, 0.15) is 24.8 Å². The summed E-state index contributed by atoms with van der Waals surface area (Å²) in [6, 6.07) is 12.4. The van der Waals surface area contributed by atoms with Gasteiger partial charge in [-0.15, -0.1) is 11.3 Å². The second-order valence-corrected chi connectivity index (χ2v) is 8.46. The smallest absolute Gasteiger partial charge is 0.251 e. The first kappa shape index (κ1) is 18.2. The van der Waals surface area contributed by atoms with Crippen LogP contribution in [0.3, 0.4) is 0 Å². The van der Waals surface area contributed by atoms with E-state index in [9.17, 15) is 9.59 Å². The number of rotatable bonds is 5. The number of primary amides is 1. The first-order valence-electron chi connectivity index (χ1n) is 9.41. The van der Waals surface area contributed by atoms with Crippen molar-refractivity contribution in [3.05, 3.63) is 47.3 Å². The average molecular weight is 385 g/mol. The van der Waals surface area contributed by atoms with Crippen LogP contribution >= 0.6 is 11.3 Å². The first-order valence-corrected chi connectivity index (χ1v) is 10.3. The predicted octanol–water partition coefficient (Wildman–Crippen LogP) is 2.84. The Bertz CT molecular complexity index is 830. The molecule has 2 amide bonds. The zero-order valence-corrected chi connectivity index (χ0v) is 16.0. The zero-order chi connectivity index (χ0) is 18.9. The number of hydrogen-bond donors (Lipinski definition) is 1. The maximum atomic E-state index is 12.7. The molecule has 0 saturated carbocycles. The number of ether oxygens (including phenoxy) is 1. The van der Waals surface area contributed by atoms with E-state index < -0.39 is 5.41 Å². The molecule has 2 fully saturated rings. The number of likely N-dealkylation sites (tertiary alicyclic amines) is 1. The second kappa shape index (κ2) is 7.44. The number of benzene rings is 1. The van der Waals surface area contributed by atoms with Crippen molar-refractivity contribution >= 4 is 23.2 Å². The van der Waals surface area contributed by atoms with Gasteiger partial charge in [0.2, 0.25) is 5.91 Å². The molecule has 0 aliphatic carbocycles. The summed E-state index contributed by atoms with van der Waals surface area (Å²) in [7, 11) is 0. The van der Waals surface area contributed by atoms with E-state index in [1.165, 1.54) is 4.88 Å². The number of amides is 2. The summed E-state index contributed by atoms with van der Waals surface area (Å²) in [4.78, 5) is 28.0. The third-order valence-corrected chi connectivity index (χ3v) is 6.59. The largest absolute Gasteiger partial charge is 0.369 e. The van der Waals surface area contributed by atoms with Crippen LogP contribution in [0.5, 0.6) is 0 Å². The van der Waals surface area contributed by atoms with Crippen molar-refractivity contribution in [1.82, 2.24) is 4.90 Å². The summed E-state index contributed by atoms with van der Waals surface area (Å²) < 4.78 is 5.52. The molecule has 1 aromatic carbocycles. The molecule has 27 heavy (non-hydrogen) atoms. The van der Waals surface area contributed by atoms with Gasteiger partial charge in [0.25, 0.3) is 5.91 Å². The zero-order valence-electron chi connectivity index (χ0n) is 15.2. The van der Waals surface area contributed by atoms with Crippen LogP contribution in [0.25, 0.3) is 10.4 Å². The van der Waals surface area contributed by atoms with Gasteiger partial charge in [0, 0.05) is 24.6 Å². The predicted molar refractivity (Wildman–Crippen MR) is 105 cm³/mol. The summed E-state index contributed by atoms with van der Waals surface area (Å²) in [6.45, 7) is 1.58. The van der Waals surface area contributed by atoms with Crippen LogP contribution in [0.4, 0.5) is 0 Å². The van der Waals surface area contributed by atoms with E-state index in [4.69, 9.17) is 10.5 Å². The Morgan fingerprint density at radius 3 is 2.89 bits per heavy atom. The molecule has 4 rings (SSSR count). The quantitative estimate of drug-likeness (QED) is 0.862. The number of thiophene rings is 1. The maximum Gasteiger partial charge on any atom is 0.251 e. The lowest BCUT2D eigenvalue weighted by Crippen LogP contribution is -2.44. The Kier molecular flexibility index (Phi) is 5.02. The first-order chi connectivity index (χ1) is 13.1. The molecule has 1 aromatic heterocycles. The molecule has 2 atom stereocenters. The molecular weight excluding hydrogens is 360 g/mol. The van der Waals surface area contributed by atoms with E-state index in [0.717, 1.165) is 24.0 Å². The minimum Gasteiger partial charge on any atom is -0.369 e. The average Bonchev–Trinajstić information content (AvgIpc) is 3.42. The van der Waals surface area contributed by atoms with Gasteiger partial charge in [-0.05, 0) is 48.3 Å². The molecule has 2 N–H and O–H groups in total. The van der Waals surface area contributed by atoms with Crippen LogP contribution in [-0.4, -0.2) is 42.5 Å². The summed E-state index contributed by atoms with van der Waals surface area (Å²) in [5.41, 5.74) is 7.34. The van der Waals surface area contributed by atoms with E-state index in [1.807, 2.05) is 18.2 Å². The third-order valence-electron chi connectivity index (χ3n) is 5.67. The van der Waals surface area contributed by atoms with Crippen LogP contribution in [0.15, 0.2) is 41.8 Å². The van der Waals surface area contributed by atoms with Gasteiger partial charge in [0.15, 0.2) is 0 Å². The van der Waals surface area contributed by atoms with Crippen molar-refractivity contribution in [2.45, 2.75) is 31.8 Å².